The minimum Gasteiger partial charge on any atom is -0.398 e. The summed E-state index contributed by atoms with van der Waals surface area (Å²) in [5.41, 5.74) is 7.12. The minimum absolute atomic E-state index is 0.876. The number of nitrogen functional groups attached to an aromatic ring is 1. The predicted octanol–water partition coefficient (Wildman–Crippen LogP) is 4.79. The number of hydrogen-bond donors (Lipinski definition) is 1. The van der Waals surface area contributed by atoms with Gasteiger partial charge >= 0.3 is 0 Å². The lowest BCUT2D eigenvalue weighted by Gasteiger charge is -2.03. The molecule has 86 valence electrons. The van der Waals surface area contributed by atoms with E-state index in [1.165, 1.54) is 30.9 Å². The minimum atomic E-state index is 0.876. The van der Waals surface area contributed by atoms with Crippen LogP contribution >= 0.6 is 11.3 Å². The Morgan fingerprint density at radius 1 is 0.833 bits per heavy atom. The number of rotatable bonds is 0. The predicted molar refractivity (Wildman–Crippen MR) is 81.2 cm³/mol. The van der Waals surface area contributed by atoms with Crippen molar-refractivity contribution in [1.82, 2.24) is 0 Å². The van der Waals surface area contributed by atoms with Crippen molar-refractivity contribution in [3.05, 3.63) is 54.6 Å². The van der Waals surface area contributed by atoms with Gasteiger partial charge in [0.05, 0.1) is 0 Å². The molecule has 4 aromatic rings. The lowest BCUT2D eigenvalue weighted by atomic mass is 10.0. The number of fused-ring (bicyclic) bond motifs is 5. The molecule has 0 bridgehead atoms. The second-order valence-corrected chi connectivity index (χ2v) is 5.54. The van der Waals surface area contributed by atoms with Crippen LogP contribution in [0.2, 0.25) is 0 Å². The maximum Gasteiger partial charge on any atom is 0.0454 e. The van der Waals surface area contributed by atoms with Gasteiger partial charge in [0.2, 0.25) is 0 Å². The molecule has 0 atom stereocenters. The van der Waals surface area contributed by atoms with Crippen LogP contribution in [-0.2, 0) is 0 Å². The van der Waals surface area contributed by atoms with E-state index in [9.17, 15) is 0 Å². The lowest BCUT2D eigenvalue weighted by Crippen LogP contribution is -1.86. The molecule has 0 aliphatic heterocycles. The van der Waals surface area contributed by atoms with Gasteiger partial charge in [0.15, 0.2) is 0 Å². The molecule has 1 nitrogen and oxygen atoms in total. The van der Waals surface area contributed by atoms with Crippen LogP contribution in [0.25, 0.3) is 30.9 Å². The molecule has 1 aromatic heterocycles. The average molecular weight is 249 g/mol. The van der Waals surface area contributed by atoms with E-state index in [0.717, 1.165) is 5.69 Å². The highest BCUT2D eigenvalue weighted by atomic mass is 32.1. The molecule has 3 aromatic carbocycles. The zero-order valence-corrected chi connectivity index (χ0v) is 10.5. The standard InChI is InChI=1S/C16H11NS/c17-13-9-10-5-1-2-6-11(10)16-15(13)12-7-3-4-8-14(12)18-16/h1-9H,17H2. The van der Waals surface area contributed by atoms with E-state index in [1.54, 1.807) is 0 Å². The quantitative estimate of drug-likeness (QED) is 0.445. The molecule has 0 unspecified atom stereocenters. The number of hydrogen-bond acceptors (Lipinski definition) is 2. The third-order valence-corrected chi connectivity index (χ3v) is 4.60. The SMILES string of the molecule is Nc1cc2ccccc2c2sc3ccccc3c12. The van der Waals surface area contributed by atoms with Crippen molar-refractivity contribution in [3.63, 3.8) is 0 Å². The highest BCUT2D eigenvalue weighted by Crippen LogP contribution is 2.41. The Kier molecular flexibility index (Phi) is 1.91. The first kappa shape index (κ1) is 9.92. The third-order valence-electron chi connectivity index (χ3n) is 3.40. The fraction of sp³-hybridized carbons (Fsp3) is 0. The third kappa shape index (κ3) is 1.21. The smallest absolute Gasteiger partial charge is 0.0454 e. The highest BCUT2D eigenvalue weighted by Gasteiger charge is 2.10. The van der Waals surface area contributed by atoms with Gasteiger partial charge in [-0.2, -0.15) is 0 Å². The zero-order valence-electron chi connectivity index (χ0n) is 9.68. The molecule has 0 radical (unpaired) electrons. The molecular formula is C16H11NS. The lowest BCUT2D eigenvalue weighted by molar-refractivity contribution is 1.80. The fourth-order valence-corrected chi connectivity index (χ4v) is 3.86. The summed E-state index contributed by atoms with van der Waals surface area (Å²) in [7, 11) is 0. The molecule has 0 fully saturated rings. The summed E-state index contributed by atoms with van der Waals surface area (Å²) >= 11 is 1.83. The molecule has 0 saturated heterocycles. The van der Waals surface area contributed by atoms with E-state index >= 15 is 0 Å². The Balaban J connectivity index is 2.38. The topological polar surface area (TPSA) is 26.0 Å². The summed E-state index contributed by atoms with van der Waals surface area (Å²) in [6, 6.07) is 19.0. The van der Waals surface area contributed by atoms with Gasteiger partial charge < -0.3 is 5.73 Å². The van der Waals surface area contributed by atoms with Crippen LogP contribution in [0, 0.1) is 0 Å². The molecule has 0 saturated carbocycles. The second kappa shape index (κ2) is 3.47. The van der Waals surface area contributed by atoms with Crippen LogP contribution in [0.3, 0.4) is 0 Å². The molecular weight excluding hydrogens is 238 g/mol. The average Bonchev–Trinajstić information content (AvgIpc) is 2.79. The zero-order chi connectivity index (χ0) is 12.1. The molecule has 0 aliphatic carbocycles. The number of nitrogens with two attached hydrogens (primary N) is 1. The molecule has 1 heterocycles. The van der Waals surface area contributed by atoms with Gasteiger partial charge in [0.1, 0.15) is 0 Å². The maximum atomic E-state index is 6.24. The van der Waals surface area contributed by atoms with Gasteiger partial charge in [-0.15, -0.1) is 11.3 Å². The summed E-state index contributed by atoms with van der Waals surface area (Å²) in [5, 5.41) is 4.98. The van der Waals surface area contributed by atoms with Gasteiger partial charge in [0.25, 0.3) is 0 Å². The van der Waals surface area contributed by atoms with E-state index in [4.69, 9.17) is 5.73 Å². The van der Waals surface area contributed by atoms with Crippen molar-refractivity contribution >= 4 is 48.0 Å². The first-order valence-corrected chi connectivity index (χ1v) is 6.75. The molecule has 0 aliphatic rings. The first-order chi connectivity index (χ1) is 8.84. The van der Waals surface area contributed by atoms with Gasteiger partial charge in [-0.25, -0.2) is 0 Å². The largest absolute Gasteiger partial charge is 0.398 e. The van der Waals surface area contributed by atoms with Gasteiger partial charge in [0, 0.05) is 25.9 Å². The molecule has 2 N–H and O–H groups in total. The van der Waals surface area contributed by atoms with Crippen molar-refractivity contribution in [3.8, 4) is 0 Å². The van der Waals surface area contributed by atoms with Gasteiger partial charge in [-0.1, -0.05) is 42.5 Å². The molecule has 0 spiro atoms. The van der Waals surface area contributed by atoms with Gasteiger partial charge in [-0.05, 0) is 22.9 Å². The van der Waals surface area contributed by atoms with E-state index in [2.05, 4.69) is 54.6 Å². The van der Waals surface area contributed by atoms with E-state index in [1.807, 2.05) is 11.3 Å². The van der Waals surface area contributed by atoms with Crippen molar-refractivity contribution in [2.45, 2.75) is 0 Å². The van der Waals surface area contributed by atoms with Crippen LogP contribution in [0.5, 0.6) is 0 Å². The van der Waals surface area contributed by atoms with Crippen molar-refractivity contribution in [2.75, 3.05) is 5.73 Å². The Labute approximate surface area is 108 Å². The Morgan fingerprint density at radius 2 is 1.56 bits per heavy atom. The van der Waals surface area contributed by atoms with E-state index < -0.39 is 0 Å². The molecule has 2 heteroatoms. The Hall–Kier alpha value is -2.06. The van der Waals surface area contributed by atoms with Crippen molar-refractivity contribution in [2.24, 2.45) is 0 Å². The number of anilines is 1. The van der Waals surface area contributed by atoms with Crippen molar-refractivity contribution in [1.29, 1.82) is 0 Å². The summed E-state index contributed by atoms with van der Waals surface area (Å²) in [5.74, 6) is 0. The second-order valence-electron chi connectivity index (χ2n) is 4.49. The maximum absolute atomic E-state index is 6.24. The van der Waals surface area contributed by atoms with Crippen LogP contribution < -0.4 is 5.73 Å². The van der Waals surface area contributed by atoms with Crippen LogP contribution in [0.15, 0.2) is 54.6 Å². The van der Waals surface area contributed by atoms with Crippen LogP contribution in [0.1, 0.15) is 0 Å². The Morgan fingerprint density at radius 3 is 2.44 bits per heavy atom. The summed E-state index contributed by atoms with van der Waals surface area (Å²) in [6.45, 7) is 0. The van der Waals surface area contributed by atoms with E-state index in [0.29, 0.717) is 0 Å². The molecule has 0 amide bonds. The fourth-order valence-electron chi connectivity index (χ4n) is 2.59. The van der Waals surface area contributed by atoms with E-state index in [-0.39, 0.29) is 0 Å². The molecule has 18 heavy (non-hydrogen) atoms. The van der Waals surface area contributed by atoms with Crippen LogP contribution in [-0.4, -0.2) is 0 Å². The van der Waals surface area contributed by atoms with Gasteiger partial charge in [-0.3, -0.25) is 0 Å². The number of benzene rings is 3. The first-order valence-electron chi connectivity index (χ1n) is 5.93. The summed E-state index contributed by atoms with van der Waals surface area (Å²) in [4.78, 5) is 0. The molecule has 4 rings (SSSR count). The monoisotopic (exact) mass is 249 g/mol. The van der Waals surface area contributed by atoms with Crippen LogP contribution in [0.4, 0.5) is 5.69 Å². The van der Waals surface area contributed by atoms with Crippen molar-refractivity contribution < 1.29 is 0 Å². The summed E-state index contributed by atoms with van der Waals surface area (Å²) < 4.78 is 2.60. The normalized spacial score (nSPS) is 11.6. The Bertz CT molecular complexity index is 889. The highest BCUT2D eigenvalue weighted by molar-refractivity contribution is 7.26. The summed E-state index contributed by atoms with van der Waals surface area (Å²) in [6.07, 6.45) is 0. The number of thiophene rings is 1.